The summed E-state index contributed by atoms with van der Waals surface area (Å²) in [6.07, 6.45) is 5.54. The van der Waals surface area contributed by atoms with Crippen LogP contribution >= 0.6 is 0 Å². The number of fused-ring (bicyclic) bond motifs is 1. The van der Waals surface area contributed by atoms with Crippen LogP contribution in [0.1, 0.15) is 11.4 Å². The van der Waals surface area contributed by atoms with Crippen molar-refractivity contribution in [3.8, 4) is 11.3 Å². The SMILES string of the molecule is Cc1cc(C)n2cc(-c3ccncc3)nc2n1. The molecule has 0 aliphatic rings. The van der Waals surface area contributed by atoms with Crippen molar-refractivity contribution in [1.82, 2.24) is 19.4 Å². The summed E-state index contributed by atoms with van der Waals surface area (Å²) in [4.78, 5) is 13.0. The van der Waals surface area contributed by atoms with Crippen molar-refractivity contribution in [2.24, 2.45) is 0 Å². The largest absolute Gasteiger partial charge is 0.288 e. The van der Waals surface area contributed by atoms with Crippen molar-refractivity contribution in [3.05, 3.63) is 48.2 Å². The smallest absolute Gasteiger partial charge is 0.234 e. The third-order valence-electron chi connectivity index (χ3n) is 2.74. The highest BCUT2D eigenvalue weighted by molar-refractivity contribution is 5.60. The van der Waals surface area contributed by atoms with E-state index in [9.17, 15) is 0 Å². The molecule has 0 fully saturated rings. The highest BCUT2D eigenvalue weighted by atomic mass is 15.1. The molecule has 0 N–H and O–H groups in total. The topological polar surface area (TPSA) is 43.1 Å². The van der Waals surface area contributed by atoms with Gasteiger partial charge in [-0.1, -0.05) is 0 Å². The molecule has 0 saturated heterocycles. The van der Waals surface area contributed by atoms with E-state index in [4.69, 9.17) is 0 Å². The predicted octanol–water partition coefficient (Wildman–Crippen LogP) is 2.41. The lowest BCUT2D eigenvalue weighted by molar-refractivity contribution is 1.01. The van der Waals surface area contributed by atoms with Crippen LogP contribution in [0.15, 0.2) is 36.8 Å². The van der Waals surface area contributed by atoms with Crippen LogP contribution in [0.5, 0.6) is 0 Å². The summed E-state index contributed by atoms with van der Waals surface area (Å²) in [5.74, 6) is 0.745. The van der Waals surface area contributed by atoms with Crippen molar-refractivity contribution in [1.29, 1.82) is 0 Å². The second kappa shape index (κ2) is 3.66. The first-order valence-electron chi connectivity index (χ1n) is 5.48. The molecule has 4 heteroatoms. The third kappa shape index (κ3) is 1.67. The Balaban J connectivity index is 2.24. The molecule has 3 heterocycles. The summed E-state index contributed by atoms with van der Waals surface area (Å²) in [6, 6.07) is 5.94. The van der Waals surface area contributed by atoms with Crippen LogP contribution in [0.2, 0.25) is 0 Å². The van der Waals surface area contributed by atoms with E-state index >= 15 is 0 Å². The Labute approximate surface area is 99.0 Å². The number of imidazole rings is 1. The quantitative estimate of drug-likeness (QED) is 0.637. The van der Waals surface area contributed by atoms with Crippen molar-refractivity contribution >= 4 is 5.78 Å². The number of aromatic nitrogens is 4. The van der Waals surface area contributed by atoms with E-state index in [0.29, 0.717) is 0 Å². The van der Waals surface area contributed by atoms with Gasteiger partial charge in [-0.25, -0.2) is 9.97 Å². The molecule has 0 bridgehead atoms. The van der Waals surface area contributed by atoms with Gasteiger partial charge in [0, 0.05) is 35.5 Å². The molecule has 0 amide bonds. The van der Waals surface area contributed by atoms with Gasteiger partial charge < -0.3 is 0 Å². The minimum atomic E-state index is 0.745. The molecule has 0 saturated carbocycles. The second-order valence-corrected chi connectivity index (χ2v) is 4.07. The lowest BCUT2D eigenvalue weighted by atomic mass is 10.2. The lowest BCUT2D eigenvalue weighted by Crippen LogP contribution is -1.94. The highest BCUT2D eigenvalue weighted by Gasteiger charge is 2.06. The van der Waals surface area contributed by atoms with Crippen LogP contribution in [0.4, 0.5) is 0 Å². The van der Waals surface area contributed by atoms with Crippen molar-refractivity contribution < 1.29 is 0 Å². The molecule has 3 rings (SSSR count). The Bertz CT molecular complexity index is 670. The molecule has 84 valence electrons. The minimum absolute atomic E-state index is 0.745. The summed E-state index contributed by atoms with van der Waals surface area (Å²) in [7, 11) is 0. The Morgan fingerprint density at radius 3 is 2.59 bits per heavy atom. The van der Waals surface area contributed by atoms with E-state index in [0.717, 1.165) is 28.4 Å². The molecule has 0 spiro atoms. The molecule has 0 aliphatic heterocycles. The fourth-order valence-corrected chi connectivity index (χ4v) is 1.93. The molecule has 0 aliphatic carbocycles. The zero-order chi connectivity index (χ0) is 11.8. The Morgan fingerprint density at radius 2 is 1.82 bits per heavy atom. The number of hydrogen-bond acceptors (Lipinski definition) is 3. The standard InChI is InChI=1S/C13H12N4/c1-9-7-10(2)17-8-12(16-13(17)15-9)11-3-5-14-6-4-11/h3-8H,1-2H3. The van der Waals surface area contributed by atoms with Gasteiger partial charge in [0.15, 0.2) is 0 Å². The van der Waals surface area contributed by atoms with E-state index < -0.39 is 0 Å². The maximum absolute atomic E-state index is 4.53. The van der Waals surface area contributed by atoms with E-state index in [1.807, 2.05) is 35.7 Å². The van der Waals surface area contributed by atoms with E-state index in [-0.39, 0.29) is 0 Å². The Kier molecular flexibility index (Phi) is 2.14. The molecule has 17 heavy (non-hydrogen) atoms. The van der Waals surface area contributed by atoms with Gasteiger partial charge in [-0.2, -0.15) is 0 Å². The maximum atomic E-state index is 4.53. The summed E-state index contributed by atoms with van der Waals surface area (Å²) in [5, 5.41) is 0. The molecule has 3 aromatic heterocycles. The Morgan fingerprint density at radius 1 is 1.06 bits per heavy atom. The van der Waals surface area contributed by atoms with Gasteiger partial charge >= 0.3 is 0 Å². The van der Waals surface area contributed by atoms with E-state index in [1.165, 1.54) is 0 Å². The highest BCUT2D eigenvalue weighted by Crippen LogP contribution is 2.18. The van der Waals surface area contributed by atoms with Crippen molar-refractivity contribution in [3.63, 3.8) is 0 Å². The monoisotopic (exact) mass is 224 g/mol. The molecule has 0 aromatic carbocycles. The van der Waals surface area contributed by atoms with Gasteiger partial charge in [-0.05, 0) is 32.0 Å². The van der Waals surface area contributed by atoms with Gasteiger partial charge in [0.1, 0.15) is 0 Å². The second-order valence-electron chi connectivity index (χ2n) is 4.07. The van der Waals surface area contributed by atoms with Crippen molar-refractivity contribution in [2.75, 3.05) is 0 Å². The number of pyridine rings is 1. The number of hydrogen-bond donors (Lipinski definition) is 0. The predicted molar refractivity (Wildman–Crippen MR) is 65.7 cm³/mol. The van der Waals surface area contributed by atoms with Crippen LogP contribution in [0.25, 0.3) is 17.0 Å². The van der Waals surface area contributed by atoms with Crippen LogP contribution in [0.3, 0.4) is 0 Å². The van der Waals surface area contributed by atoms with Crippen LogP contribution < -0.4 is 0 Å². The summed E-state index contributed by atoms with van der Waals surface area (Å²) in [5.41, 5.74) is 4.11. The third-order valence-corrected chi connectivity index (χ3v) is 2.74. The fraction of sp³-hybridized carbons (Fsp3) is 0.154. The summed E-state index contributed by atoms with van der Waals surface area (Å²) in [6.45, 7) is 4.04. The number of aryl methyl sites for hydroxylation is 2. The summed E-state index contributed by atoms with van der Waals surface area (Å²) >= 11 is 0. The fourth-order valence-electron chi connectivity index (χ4n) is 1.93. The molecule has 0 atom stereocenters. The van der Waals surface area contributed by atoms with E-state index in [1.54, 1.807) is 12.4 Å². The van der Waals surface area contributed by atoms with Crippen LogP contribution in [0, 0.1) is 13.8 Å². The minimum Gasteiger partial charge on any atom is -0.288 e. The van der Waals surface area contributed by atoms with Crippen LogP contribution in [-0.2, 0) is 0 Å². The first-order chi connectivity index (χ1) is 8.24. The first-order valence-corrected chi connectivity index (χ1v) is 5.48. The molecule has 0 radical (unpaired) electrons. The van der Waals surface area contributed by atoms with Crippen LogP contribution in [-0.4, -0.2) is 19.4 Å². The Hall–Kier alpha value is -2.23. The number of nitrogens with zero attached hydrogens (tertiary/aromatic N) is 4. The normalized spacial score (nSPS) is 10.9. The van der Waals surface area contributed by atoms with Gasteiger partial charge in [-0.15, -0.1) is 0 Å². The van der Waals surface area contributed by atoms with Crippen molar-refractivity contribution in [2.45, 2.75) is 13.8 Å². The maximum Gasteiger partial charge on any atom is 0.234 e. The zero-order valence-corrected chi connectivity index (χ0v) is 9.75. The first kappa shape index (κ1) is 9.96. The molecule has 4 nitrogen and oxygen atoms in total. The zero-order valence-electron chi connectivity index (χ0n) is 9.75. The van der Waals surface area contributed by atoms with Gasteiger partial charge in [0.2, 0.25) is 5.78 Å². The van der Waals surface area contributed by atoms with Gasteiger partial charge in [0.05, 0.1) is 5.69 Å². The number of rotatable bonds is 1. The molecular weight excluding hydrogens is 212 g/mol. The average Bonchev–Trinajstić information content (AvgIpc) is 2.74. The van der Waals surface area contributed by atoms with Gasteiger partial charge in [-0.3, -0.25) is 9.38 Å². The lowest BCUT2D eigenvalue weighted by Gasteiger charge is -1.98. The van der Waals surface area contributed by atoms with Gasteiger partial charge in [0.25, 0.3) is 0 Å². The molecule has 0 unspecified atom stereocenters. The summed E-state index contributed by atoms with van der Waals surface area (Å²) < 4.78 is 2.00. The molecular formula is C13H12N4. The average molecular weight is 224 g/mol. The van der Waals surface area contributed by atoms with E-state index in [2.05, 4.69) is 21.9 Å². The molecule has 3 aromatic rings.